The molecule has 0 rings (SSSR count). The average Bonchev–Trinajstić information content (AvgIpc) is 2.13. The van der Waals surface area contributed by atoms with E-state index in [-0.39, 0.29) is 23.4 Å². The summed E-state index contributed by atoms with van der Waals surface area (Å²) in [7, 11) is 0. The molecule has 0 atom stereocenters. The van der Waals surface area contributed by atoms with Crippen LogP contribution in [-0.4, -0.2) is 24.3 Å². The maximum absolute atomic E-state index is 11.0. The summed E-state index contributed by atoms with van der Waals surface area (Å²) in [6, 6.07) is 0. The molecule has 0 spiro atoms. The molecule has 0 aliphatic rings. The molecule has 0 aromatic heterocycles. The number of aliphatic hydroxyl groups is 1. The highest BCUT2D eigenvalue weighted by Gasteiger charge is 2.29. The van der Waals surface area contributed by atoms with E-state index in [1.54, 1.807) is 6.92 Å². The molecule has 0 unspecified atom stereocenters. The van der Waals surface area contributed by atoms with Crippen LogP contribution < -0.4 is 0 Å². The summed E-state index contributed by atoms with van der Waals surface area (Å²) < 4.78 is 5.13. The lowest BCUT2D eigenvalue weighted by Crippen LogP contribution is -2.30. The maximum Gasteiger partial charge on any atom is 0.305 e. The zero-order chi connectivity index (χ0) is 12.1. The van der Waals surface area contributed by atoms with E-state index in [0.29, 0.717) is 13.0 Å². The summed E-state index contributed by atoms with van der Waals surface area (Å²) >= 11 is 0. The SMILES string of the molecule is CCC(=O)OCC(C)(C)CC(C)(C)CO. The average molecular weight is 216 g/mol. The van der Waals surface area contributed by atoms with Crippen LogP contribution in [0.4, 0.5) is 0 Å². The monoisotopic (exact) mass is 216 g/mol. The maximum atomic E-state index is 11.0. The minimum atomic E-state index is -0.162. The molecule has 1 N–H and O–H groups in total. The number of hydrogen-bond acceptors (Lipinski definition) is 3. The molecule has 0 aliphatic carbocycles. The fourth-order valence-electron chi connectivity index (χ4n) is 1.78. The first-order valence-corrected chi connectivity index (χ1v) is 5.49. The van der Waals surface area contributed by atoms with Gasteiger partial charge in [-0.25, -0.2) is 0 Å². The molecule has 90 valence electrons. The number of ether oxygens (including phenoxy) is 1. The van der Waals surface area contributed by atoms with Crippen molar-refractivity contribution in [2.75, 3.05) is 13.2 Å². The minimum absolute atomic E-state index is 0.0862. The summed E-state index contributed by atoms with van der Waals surface area (Å²) in [4.78, 5) is 11.0. The smallest absolute Gasteiger partial charge is 0.305 e. The van der Waals surface area contributed by atoms with Crippen molar-refractivity contribution in [3.8, 4) is 0 Å². The fraction of sp³-hybridized carbons (Fsp3) is 0.917. The van der Waals surface area contributed by atoms with E-state index in [4.69, 9.17) is 4.74 Å². The van der Waals surface area contributed by atoms with Gasteiger partial charge in [-0.3, -0.25) is 4.79 Å². The first-order valence-electron chi connectivity index (χ1n) is 5.49. The van der Waals surface area contributed by atoms with Gasteiger partial charge in [-0.15, -0.1) is 0 Å². The van der Waals surface area contributed by atoms with E-state index >= 15 is 0 Å². The van der Waals surface area contributed by atoms with Gasteiger partial charge in [0.1, 0.15) is 0 Å². The highest BCUT2D eigenvalue weighted by atomic mass is 16.5. The van der Waals surface area contributed by atoms with Crippen LogP contribution in [-0.2, 0) is 9.53 Å². The Hall–Kier alpha value is -0.570. The lowest BCUT2D eigenvalue weighted by molar-refractivity contribution is -0.147. The molecule has 3 heteroatoms. The molecule has 3 nitrogen and oxygen atoms in total. The zero-order valence-electron chi connectivity index (χ0n) is 10.6. The third-order valence-electron chi connectivity index (χ3n) is 2.30. The highest BCUT2D eigenvalue weighted by Crippen LogP contribution is 2.33. The van der Waals surface area contributed by atoms with E-state index < -0.39 is 0 Å². The van der Waals surface area contributed by atoms with Gasteiger partial charge in [0.2, 0.25) is 0 Å². The van der Waals surface area contributed by atoms with Crippen LogP contribution in [0.1, 0.15) is 47.5 Å². The Balaban J connectivity index is 4.13. The Kier molecular flexibility index (Phi) is 5.29. The largest absolute Gasteiger partial charge is 0.465 e. The number of hydrogen-bond donors (Lipinski definition) is 1. The number of esters is 1. The van der Waals surface area contributed by atoms with Gasteiger partial charge >= 0.3 is 5.97 Å². The molecule has 0 saturated carbocycles. The van der Waals surface area contributed by atoms with Gasteiger partial charge in [0.15, 0.2) is 0 Å². The van der Waals surface area contributed by atoms with Crippen LogP contribution in [0.25, 0.3) is 0 Å². The van der Waals surface area contributed by atoms with E-state index in [1.807, 2.05) is 27.7 Å². The van der Waals surface area contributed by atoms with Crippen LogP contribution in [0, 0.1) is 10.8 Å². The Morgan fingerprint density at radius 3 is 2.13 bits per heavy atom. The van der Waals surface area contributed by atoms with Crippen molar-refractivity contribution in [2.24, 2.45) is 10.8 Å². The molecule has 0 aromatic rings. The third kappa shape index (κ3) is 6.50. The molecule has 0 heterocycles. The predicted molar refractivity (Wildman–Crippen MR) is 60.5 cm³/mol. The Bertz CT molecular complexity index is 207. The minimum Gasteiger partial charge on any atom is -0.465 e. The van der Waals surface area contributed by atoms with Gasteiger partial charge in [-0.1, -0.05) is 34.6 Å². The van der Waals surface area contributed by atoms with Crippen molar-refractivity contribution >= 4 is 5.97 Å². The second-order valence-corrected chi connectivity index (χ2v) is 5.68. The molecule has 0 amide bonds. The molecule has 0 aromatic carbocycles. The first kappa shape index (κ1) is 14.4. The lowest BCUT2D eigenvalue weighted by atomic mass is 9.76. The van der Waals surface area contributed by atoms with E-state index in [9.17, 15) is 9.90 Å². The standard InChI is InChI=1S/C12H24O3/c1-6-10(14)15-9-12(4,5)7-11(2,3)8-13/h13H,6-9H2,1-5H3. The lowest BCUT2D eigenvalue weighted by Gasteiger charge is -2.33. The second-order valence-electron chi connectivity index (χ2n) is 5.68. The predicted octanol–water partition coefficient (Wildman–Crippen LogP) is 2.37. The van der Waals surface area contributed by atoms with Crippen molar-refractivity contribution in [1.29, 1.82) is 0 Å². The normalized spacial score (nSPS) is 12.7. The molecule has 0 radical (unpaired) electrons. The molecular weight excluding hydrogens is 192 g/mol. The Labute approximate surface area is 92.8 Å². The zero-order valence-corrected chi connectivity index (χ0v) is 10.6. The topological polar surface area (TPSA) is 46.5 Å². The van der Waals surface area contributed by atoms with Crippen molar-refractivity contribution in [3.63, 3.8) is 0 Å². The van der Waals surface area contributed by atoms with Gasteiger partial charge < -0.3 is 9.84 Å². The Morgan fingerprint density at radius 1 is 1.20 bits per heavy atom. The van der Waals surface area contributed by atoms with Crippen LogP contribution in [0.2, 0.25) is 0 Å². The van der Waals surface area contributed by atoms with Gasteiger partial charge in [0, 0.05) is 13.0 Å². The molecule has 0 saturated heterocycles. The summed E-state index contributed by atoms with van der Waals surface area (Å²) in [6.45, 7) is 10.5. The molecule has 0 bridgehead atoms. The fourth-order valence-corrected chi connectivity index (χ4v) is 1.78. The van der Waals surface area contributed by atoms with Crippen LogP contribution in [0.15, 0.2) is 0 Å². The van der Waals surface area contributed by atoms with E-state index in [1.165, 1.54) is 0 Å². The summed E-state index contributed by atoms with van der Waals surface area (Å²) in [5, 5.41) is 9.17. The quantitative estimate of drug-likeness (QED) is 0.693. The van der Waals surface area contributed by atoms with Crippen LogP contribution in [0.5, 0.6) is 0 Å². The molecule has 15 heavy (non-hydrogen) atoms. The number of carbonyl (C=O) groups excluding carboxylic acids is 1. The van der Waals surface area contributed by atoms with Gasteiger partial charge in [-0.2, -0.15) is 0 Å². The van der Waals surface area contributed by atoms with E-state index in [0.717, 1.165) is 6.42 Å². The van der Waals surface area contributed by atoms with Gasteiger partial charge in [0.05, 0.1) is 6.61 Å². The summed E-state index contributed by atoms with van der Waals surface area (Å²) in [6.07, 6.45) is 1.24. The summed E-state index contributed by atoms with van der Waals surface area (Å²) in [5.74, 6) is -0.162. The van der Waals surface area contributed by atoms with Crippen molar-refractivity contribution < 1.29 is 14.6 Å². The van der Waals surface area contributed by atoms with E-state index in [2.05, 4.69) is 0 Å². The second kappa shape index (κ2) is 5.50. The Morgan fingerprint density at radius 2 is 1.73 bits per heavy atom. The van der Waals surface area contributed by atoms with Crippen molar-refractivity contribution in [3.05, 3.63) is 0 Å². The van der Waals surface area contributed by atoms with Gasteiger partial charge in [-0.05, 0) is 17.3 Å². The van der Waals surface area contributed by atoms with Crippen molar-refractivity contribution in [1.82, 2.24) is 0 Å². The third-order valence-corrected chi connectivity index (χ3v) is 2.30. The first-order chi connectivity index (χ1) is 6.72. The number of rotatable bonds is 6. The highest BCUT2D eigenvalue weighted by molar-refractivity contribution is 5.68. The summed E-state index contributed by atoms with van der Waals surface area (Å²) in [5.41, 5.74) is -0.209. The molecule has 0 aliphatic heterocycles. The van der Waals surface area contributed by atoms with Gasteiger partial charge in [0.25, 0.3) is 0 Å². The van der Waals surface area contributed by atoms with Crippen molar-refractivity contribution in [2.45, 2.75) is 47.5 Å². The molecular formula is C12H24O3. The van der Waals surface area contributed by atoms with Crippen LogP contribution >= 0.6 is 0 Å². The van der Waals surface area contributed by atoms with Crippen LogP contribution in [0.3, 0.4) is 0 Å². The molecule has 0 fully saturated rings. The number of carbonyl (C=O) groups is 1. The number of aliphatic hydroxyl groups excluding tert-OH is 1.